The summed E-state index contributed by atoms with van der Waals surface area (Å²) in [5, 5.41) is 14.5. The van der Waals surface area contributed by atoms with E-state index in [9.17, 15) is 0 Å². The summed E-state index contributed by atoms with van der Waals surface area (Å²) >= 11 is 16.2. The Morgan fingerprint density at radius 2 is 1.84 bits per heavy atom. The molecule has 0 amide bonds. The first-order valence-corrected chi connectivity index (χ1v) is 12.1. The third-order valence-electron chi connectivity index (χ3n) is 5.43. The molecular weight excluding hydrogens is 511 g/mol. The fourth-order valence-corrected chi connectivity index (χ4v) is 4.39. The minimum atomic E-state index is 0.204. The van der Waals surface area contributed by atoms with Crippen LogP contribution in [0, 0.1) is 6.92 Å². The molecule has 8 heteroatoms. The number of rotatable bonds is 7. The van der Waals surface area contributed by atoms with Crippen LogP contribution in [-0.2, 0) is 0 Å². The molecule has 2 aromatic heterocycles. The van der Waals surface area contributed by atoms with Gasteiger partial charge in [0.05, 0.1) is 16.4 Å². The molecule has 2 heterocycles. The summed E-state index contributed by atoms with van der Waals surface area (Å²) in [6.45, 7) is 6.29. The molecule has 0 aliphatic carbocycles. The zero-order valence-electron chi connectivity index (χ0n) is 18.1. The van der Waals surface area contributed by atoms with Crippen LogP contribution in [0.1, 0.15) is 50.5 Å². The number of halogens is 3. The predicted molar refractivity (Wildman–Crippen MR) is 133 cm³/mol. The highest BCUT2D eigenvalue weighted by Gasteiger charge is 2.24. The van der Waals surface area contributed by atoms with Crippen molar-refractivity contribution >= 4 is 39.1 Å². The number of benzene rings is 2. The van der Waals surface area contributed by atoms with Crippen LogP contribution in [0.4, 0.5) is 0 Å². The molecule has 0 N–H and O–H groups in total. The summed E-state index contributed by atoms with van der Waals surface area (Å²) in [6.07, 6.45) is 3.26. The molecule has 0 aliphatic rings. The molecule has 0 saturated heterocycles. The van der Waals surface area contributed by atoms with Gasteiger partial charge in [-0.3, -0.25) is 0 Å². The van der Waals surface area contributed by atoms with E-state index in [1.165, 1.54) is 0 Å². The highest BCUT2D eigenvalue weighted by molar-refractivity contribution is 9.10. The molecule has 32 heavy (non-hydrogen) atoms. The van der Waals surface area contributed by atoms with Gasteiger partial charge in [-0.1, -0.05) is 78.0 Å². The third-order valence-corrected chi connectivity index (χ3v) is 6.50. The minimum absolute atomic E-state index is 0.204. The second kappa shape index (κ2) is 9.77. The van der Waals surface area contributed by atoms with Gasteiger partial charge >= 0.3 is 0 Å². The van der Waals surface area contributed by atoms with Gasteiger partial charge in [0.1, 0.15) is 0 Å². The monoisotopic (exact) mass is 532 g/mol. The van der Waals surface area contributed by atoms with E-state index in [0.717, 1.165) is 46.2 Å². The first-order valence-electron chi connectivity index (χ1n) is 10.5. The molecule has 0 saturated carbocycles. The highest BCUT2D eigenvalue weighted by atomic mass is 79.9. The van der Waals surface area contributed by atoms with Gasteiger partial charge in [0.15, 0.2) is 5.69 Å². The van der Waals surface area contributed by atoms with E-state index in [4.69, 9.17) is 32.7 Å². The van der Waals surface area contributed by atoms with Crippen LogP contribution in [0.25, 0.3) is 28.5 Å². The zero-order chi connectivity index (χ0) is 22.8. The molecule has 166 valence electrons. The van der Waals surface area contributed by atoms with E-state index in [0.29, 0.717) is 27.5 Å². The largest absolute Gasteiger partial charge is 0.419 e. The van der Waals surface area contributed by atoms with Gasteiger partial charge < -0.3 is 4.42 Å². The fourth-order valence-electron chi connectivity index (χ4n) is 3.64. The maximum atomic E-state index is 6.55. The lowest BCUT2D eigenvalue weighted by Crippen LogP contribution is -2.00. The van der Waals surface area contributed by atoms with Crippen molar-refractivity contribution in [2.45, 2.75) is 46.0 Å². The maximum Gasteiger partial charge on any atom is 0.268 e. The van der Waals surface area contributed by atoms with Gasteiger partial charge in [0.25, 0.3) is 5.89 Å². The molecule has 4 aromatic rings. The molecular formula is C24H23BrCl2N4O. The number of hydrogen-bond donors (Lipinski definition) is 0. The SMILES string of the molecule is CCCCC(C)c1nnc(-c2nn(-c3ccc(Cl)cc3Cl)c(-c3ccc(Br)cc3)c2C)o1. The summed E-state index contributed by atoms with van der Waals surface area (Å²) < 4.78 is 8.87. The van der Waals surface area contributed by atoms with Gasteiger partial charge in [-0.2, -0.15) is 5.10 Å². The van der Waals surface area contributed by atoms with E-state index in [1.54, 1.807) is 12.1 Å². The summed E-state index contributed by atoms with van der Waals surface area (Å²) in [4.78, 5) is 0. The Morgan fingerprint density at radius 1 is 1.09 bits per heavy atom. The molecule has 0 spiro atoms. The molecule has 0 aliphatic heterocycles. The van der Waals surface area contributed by atoms with Crippen LogP contribution in [0.3, 0.4) is 0 Å². The van der Waals surface area contributed by atoms with Gasteiger partial charge in [0, 0.05) is 26.5 Å². The lowest BCUT2D eigenvalue weighted by molar-refractivity contribution is 0.445. The fraction of sp³-hybridized carbons (Fsp3) is 0.292. The number of aromatic nitrogens is 4. The highest BCUT2D eigenvalue weighted by Crippen LogP contribution is 2.36. The number of nitrogens with zero attached hydrogens (tertiary/aromatic N) is 4. The average molecular weight is 534 g/mol. The third kappa shape index (κ3) is 4.63. The second-order valence-corrected chi connectivity index (χ2v) is 9.58. The van der Waals surface area contributed by atoms with Crippen LogP contribution >= 0.6 is 39.1 Å². The zero-order valence-corrected chi connectivity index (χ0v) is 21.2. The number of unbranched alkanes of at least 4 members (excludes halogenated alkanes) is 1. The van der Waals surface area contributed by atoms with Crippen molar-refractivity contribution in [3.8, 4) is 28.5 Å². The van der Waals surface area contributed by atoms with Crippen molar-refractivity contribution < 1.29 is 4.42 Å². The maximum absolute atomic E-state index is 6.55. The standard InChI is InChI=1S/C24H23BrCl2N4O/c1-4-5-6-14(2)23-28-29-24(32-23)21-15(3)22(16-7-9-17(25)10-8-16)31(30-21)20-12-11-18(26)13-19(20)27/h7-14H,4-6H2,1-3H3. The van der Waals surface area contributed by atoms with Crippen molar-refractivity contribution in [2.24, 2.45) is 0 Å². The van der Waals surface area contributed by atoms with Crippen molar-refractivity contribution in [1.29, 1.82) is 0 Å². The quantitative estimate of drug-likeness (QED) is 0.240. The van der Waals surface area contributed by atoms with Crippen LogP contribution in [0.15, 0.2) is 51.4 Å². The van der Waals surface area contributed by atoms with Crippen molar-refractivity contribution in [3.05, 3.63) is 68.4 Å². The second-order valence-electron chi connectivity index (χ2n) is 7.83. The van der Waals surface area contributed by atoms with Crippen molar-refractivity contribution in [3.63, 3.8) is 0 Å². The minimum Gasteiger partial charge on any atom is -0.419 e. The van der Waals surface area contributed by atoms with E-state index < -0.39 is 0 Å². The van der Waals surface area contributed by atoms with E-state index >= 15 is 0 Å². The summed E-state index contributed by atoms with van der Waals surface area (Å²) in [6, 6.07) is 13.4. The van der Waals surface area contributed by atoms with Crippen LogP contribution in [-0.4, -0.2) is 20.0 Å². The van der Waals surface area contributed by atoms with Gasteiger partial charge in [-0.25, -0.2) is 4.68 Å². The van der Waals surface area contributed by atoms with Gasteiger partial charge in [0.2, 0.25) is 5.89 Å². The summed E-state index contributed by atoms with van der Waals surface area (Å²) in [7, 11) is 0. The molecule has 4 rings (SSSR count). The van der Waals surface area contributed by atoms with E-state index in [-0.39, 0.29) is 5.92 Å². The Kier molecular flexibility index (Phi) is 7.03. The Hall–Kier alpha value is -2.15. The molecule has 0 bridgehead atoms. The lowest BCUT2D eigenvalue weighted by atomic mass is 10.0. The summed E-state index contributed by atoms with van der Waals surface area (Å²) in [5.74, 6) is 1.25. The number of hydrogen-bond acceptors (Lipinski definition) is 4. The van der Waals surface area contributed by atoms with Crippen LogP contribution in [0.2, 0.25) is 10.0 Å². The molecule has 2 aromatic carbocycles. The average Bonchev–Trinajstić information content (AvgIpc) is 3.38. The molecule has 0 fully saturated rings. The van der Waals surface area contributed by atoms with Gasteiger partial charge in [-0.05, 0) is 43.7 Å². The topological polar surface area (TPSA) is 56.7 Å². The van der Waals surface area contributed by atoms with Gasteiger partial charge in [-0.15, -0.1) is 10.2 Å². The molecule has 5 nitrogen and oxygen atoms in total. The van der Waals surface area contributed by atoms with E-state index in [2.05, 4.69) is 40.0 Å². The predicted octanol–water partition coefficient (Wildman–Crippen LogP) is 8.26. The molecule has 1 atom stereocenters. The van der Waals surface area contributed by atoms with Crippen molar-refractivity contribution in [2.75, 3.05) is 0 Å². The van der Waals surface area contributed by atoms with E-state index in [1.807, 2.05) is 41.9 Å². The smallest absolute Gasteiger partial charge is 0.268 e. The lowest BCUT2D eigenvalue weighted by Gasteiger charge is -2.11. The molecule has 0 radical (unpaired) electrons. The Labute approximate surface area is 205 Å². The first-order chi connectivity index (χ1) is 15.4. The Bertz CT molecular complexity index is 1230. The molecule has 1 unspecified atom stereocenters. The Morgan fingerprint density at radius 3 is 2.53 bits per heavy atom. The normalized spacial score (nSPS) is 12.3. The van der Waals surface area contributed by atoms with Crippen molar-refractivity contribution in [1.82, 2.24) is 20.0 Å². The van der Waals surface area contributed by atoms with Crippen LogP contribution < -0.4 is 0 Å². The Balaban J connectivity index is 1.85. The van der Waals surface area contributed by atoms with Crippen LogP contribution in [0.5, 0.6) is 0 Å². The summed E-state index contributed by atoms with van der Waals surface area (Å²) in [5.41, 5.74) is 4.17. The first kappa shape index (κ1) is 23.0.